The molecule has 0 fully saturated rings. The highest BCUT2D eigenvalue weighted by Crippen LogP contribution is 2.32. The number of rotatable bonds is 4. The van der Waals surface area contributed by atoms with Crippen LogP contribution >= 0.6 is 0 Å². The maximum Gasteiger partial charge on any atom is 0.103 e. The Kier molecular flexibility index (Phi) is 3.34. The van der Waals surface area contributed by atoms with Gasteiger partial charge in [-0.2, -0.15) is 12.1 Å². The Morgan fingerprint density at radius 3 is 2.38 bits per heavy atom. The van der Waals surface area contributed by atoms with Gasteiger partial charge in [-0.3, -0.25) is 6.54 Å². The van der Waals surface area contributed by atoms with E-state index in [0.717, 1.165) is 17.0 Å². The standard InChI is InChI=1S/C14H13NO/c1-16-14-10-6-5-9-13(14)15-11-12-7-3-2-4-8-12/h2-11H,1H3/q-2. The van der Waals surface area contributed by atoms with E-state index in [2.05, 4.69) is 5.32 Å². The van der Waals surface area contributed by atoms with E-state index in [4.69, 9.17) is 4.74 Å². The number of hydrogen-bond acceptors (Lipinski definition) is 1. The van der Waals surface area contributed by atoms with Gasteiger partial charge in [0.2, 0.25) is 0 Å². The first kappa shape index (κ1) is 10.4. The number of methoxy groups -OCH3 is 1. The van der Waals surface area contributed by atoms with Crippen molar-refractivity contribution in [3.05, 3.63) is 72.0 Å². The molecule has 2 rings (SSSR count). The minimum atomic E-state index is 0.787. The summed E-state index contributed by atoms with van der Waals surface area (Å²) in [4.78, 5) is 0. The molecule has 2 aromatic carbocycles. The maximum atomic E-state index is 5.22. The zero-order valence-electron chi connectivity index (χ0n) is 9.13. The lowest BCUT2D eigenvalue weighted by atomic mass is 10.2. The Bertz CT molecular complexity index is 439. The van der Waals surface area contributed by atoms with Gasteiger partial charge in [0.15, 0.2) is 0 Å². The molecule has 0 unspecified atom stereocenters. The number of para-hydroxylation sites is 2. The van der Waals surface area contributed by atoms with Crippen molar-refractivity contribution < 1.29 is 4.74 Å². The summed E-state index contributed by atoms with van der Waals surface area (Å²) < 4.78 is 5.22. The predicted molar refractivity (Wildman–Crippen MR) is 65.9 cm³/mol. The first-order valence-corrected chi connectivity index (χ1v) is 5.12. The minimum Gasteiger partial charge on any atom is -0.719 e. The molecular formula is C14H13NO-2. The highest BCUT2D eigenvalue weighted by atomic mass is 16.5. The molecule has 0 radical (unpaired) electrons. The Labute approximate surface area is 95.9 Å². The summed E-state index contributed by atoms with van der Waals surface area (Å²) in [6, 6.07) is 17.7. The van der Waals surface area contributed by atoms with Crippen LogP contribution in [0, 0.1) is 6.54 Å². The van der Waals surface area contributed by atoms with Crippen molar-refractivity contribution >= 4 is 5.69 Å². The summed E-state index contributed by atoms with van der Waals surface area (Å²) in [5.74, 6) is 0.787. The Hall–Kier alpha value is -2.09. The van der Waals surface area contributed by atoms with Gasteiger partial charge in [-0.1, -0.05) is 24.3 Å². The molecule has 0 aromatic heterocycles. The van der Waals surface area contributed by atoms with E-state index in [-0.39, 0.29) is 0 Å². The average Bonchev–Trinajstić information content (AvgIpc) is 2.38. The van der Waals surface area contributed by atoms with Gasteiger partial charge in [0.25, 0.3) is 0 Å². The molecule has 16 heavy (non-hydrogen) atoms. The first-order chi connectivity index (χ1) is 7.90. The SMILES string of the molecule is COc1ccccc1[N-][CH-]c1ccccc1. The van der Waals surface area contributed by atoms with Crippen LogP contribution in [0.4, 0.5) is 5.69 Å². The molecule has 82 valence electrons. The third kappa shape index (κ3) is 2.48. The van der Waals surface area contributed by atoms with Crippen LogP contribution in [-0.2, 0) is 0 Å². The molecule has 0 aliphatic rings. The van der Waals surface area contributed by atoms with Gasteiger partial charge in [0, 0.05) is 0 Å². The molecule has 0 amide bonds. The van der Waals surface area contributed by atoms with Crippen molar-refractivity contribution in [2.75, 3.05) is 7.11 Å². The van der Waals surface area contributed by atoms with Crippen LogP contribution in [0.1, 0.15) is 5.56 Å². The molecule has 0 heterocycles. The van der Waals surface area contributed by atoms with Gasteiger partial charge in [0.1, 0.15) is 5.75 Å². The number of nitrogens with zero attached hydrogens (tertiary/aromatic N) is 1. The van der Waals surface area contributed by atoms with Crippen LogP contribution in [0.2, 0.25) is 0 Å². The van der Waals surface area contributed by atoms with Crippen LogP contribution in [0.5, 0.6) is 5.75 Å². The molecule has 2 nitrogen and oxygen atoms in total. The second kappa shape index (κ2) is 5.12. The molecule has 2 heteroatoms. The maximum absolute atomic E-state index is 5.22. The summed E-state index contributed by atoms with van der Waals surface area (Å²) in [6.07, 6.45) is 0. The van der Waals surface area contributed by atoms with Gasteiger partial charge >= 0.3 is 0 Å². The van der Waals surface area contributed by atoms with E-state index in [1.54, 1.807) is 7.11 Å². The molecule has 0 N–H and O–H groups in total. The lowest BCUT2D eigenvalue weighted by Crippen LogP contribution is -1.84. The van der Waals surface area contributed by atoms with Crippen LogP contribution in [0.25, 0.3) is 5.32 Å². The molecular weight excluding hydrogens is 198 g/mol. The summed E-state index contributed by atoms with van der Waals surface area (Å²) >= 11 is 0. The van der Waals surface area contributed by atoms with Crippen LogP contribution in [0.3, 0.4) is 0 Å². The number of ether oxygens (including phenoxy) is 1. The lowest BCUT2D eigenvalue weighted by Gasteiger charge is -2.29. The van der Waals surface area contributed by atoms with Crippen molar-refractivity contribution in [3.8, 4) is 5.75 Å². The van der Waals surface area contributed by atoms with Gasteiger partial charge in [-0.05, 0) is 6.07 Å². The van der Waals surface area contributed by atoms with E-state index >= 15 is 0 Å². The molecule has 0 saturated carbocycles. The van der Waals surface area contributed by atoms with Gasteiger partial charge in [-0.25, -0.2) is 5.56 Å². The predicted octanol–water partition coefficient (Wildman–Crippen LogP) is 3.91. The fraction of sp³-hybridized carbons (Fsp3) is 0.0714. The molecule has 2 aromatic rings. The molecule has 0 spiro atoms. The fourth-order valence-electron chi connectivity index (χ4n) is 1.42. The van der Waals surface area contributed by atoms with Crippen molar-refractivity contribution in [2.45, 2.75) is 0 Å². The molecule has 0 atom stereocenters. The van der Waals surface area contributed by atoms with Crippen molar-refractivity contribution in [1.29, 1.82) is 0 Å². The van der Waals surface area contributed by atoms with E-state index in [0.29, 0.717) is 0 Å². The Morgan fingerprint density at radius 1 is 0.938 bits per heavy atom. The van der Waals surface area contributed by atoms with Crippen LogP contribution < -0.4 is 4.74 Å². The number of hydrogen-bond donors (Lipinski definition) is 0. The van der Waals surface area contributed by atoms with Gasteiger partial charge < -0.3 is 10.1 Å². The summed E-state index contributed by atoms with van der Waals surface area (Å²) in [5.41, 5.74) is 1.92. The first-order valence-electron chi connectivity index (χ1n) is 5.12. The van der Waals surface area contributed by atoms with Crippen molar-refractivity contribution in [3.63, 3.8) is 0 Å². The van der Waals surface area contributed by atoms with E-state index in [1.807, 2.05) is 61.1 Å². The summed E-state index contributed by atoms with van der Waals surface area (Å²) in [6.45, 7) is 1.83. The highest BCUT2D eigenvalue weighted by molar-refractivity contribution is 5.62. The lowest BCUT2D eigenvalue weighted by molar-refractivity contribution is 0.417. The molecule has 0 bridgehead atoms. The molecule has 0 aliphatic heterocycles. The minimum absolute atomic E-state index is 0.787. The van der Waals surface area contributed by atoms with Gasteiger partial charge in [0.05, 0.1) is 7.11 Å². The molecule has 0 aliphatic carbocycles. The van der Waals surface area contributed by atoms with E-state index in [1.165, 1.54) is 0 Å². The summed E-state index contributed by atoms with van der Waals surface area (Å²) in [7, 11) is 1.65. The monoisotopic (exact) mass is 211 g/mol. The van der Waals surface area contributed by atoms with Crippen LogP contribution in [-0.4, -0.2) is 7.11 Å². The third-order valence-electron chi connectivity index (χ3n) is 2.24. The normalized spacial score (nSPS) is 9.56. The second-order valence-corrected chi connectivity index (χ2v) is 3.34. The van der Waals surface area contributed by atoms with Crippen molar-refractivity contribution in [2.24, 2.45) is 0 Å². The highest BCUT2D eigenvalue weighted by Gasteiger charge is 1.88. The van der Waals surface area contributed by atoms with E-state index < -0.39 is 0 Å². The average molecular weight is 211 g/mol. The van der Waals surface area contributed by atoms with Crippen LogP contribution in [0.15, 0.2) is 54.6 Å². The molecule has 0 saturated heterocycles. The largest absolute Gasteiger partial charge is 0.719 e. The van der Waals surface area contributed by atoms with Crippen molar-refractivity contribution in [1.82, 2.24) is 0 Å². The Morgan fingerprint density at radius 2 is 1.62 bits per heavy atom. The van der Waals surface area contributed by atoms with Gasteiger partial charge in [-0.15, -0.1) is 17.8 Å². The summed E-state index contributed by atoms with van der Waals surface area (Å²) in [5, 5.41) is 4.40. The zero-order valence-corrected chi connectivity index (χ0v) is 9.13. The smallest absolute Gasteiger partial charge is 0.103 e. The second-order valence-electron chi connectivity index (χ2n) is 3.34. The zero-order chi connectivity index (χ0) is 11.2. The topological polar surface area (TPSA) is 23.3 Å². The third-order valence-corrected chi connectivity index (χ3v) is 2.24. The van der Waals surface area contributed by atoms with E-state index in [9.17, 15) is 0 Å². The number of benzene rings is 2. The quantitative estimate of drug-likeness (QED) is 0.703. The Balaban J connectivity index is 2.05. The fourth-order valence-corrected chi connectivity index (χ4v) is 1.42.